The van der Waals surface area contributed by atoms with E-state index in [1.165, 1.54) is 17.3 Å². The zero-order valence-corrected chi connectivity index (χ0v) is 17.1. The number of aliphatic hydroxyl groups excluding tert-OH is 2. The molecule has 1 aliphatic heterocycles. The number of ether oxygens (including phenoxy) is 3. The van der Waals surface area contributed by atoms with Crippen LogP contribution in [0.3, 0.4) is 0 Å². The summed E-state index contributed by atoms with van der Waals surface area (Å²) in [5.74, 6) is 0.731. The average molecular weight is 469 g/mol. The van der Waals surface area contributed by atoms with Gasteiger partial charge in [0.05, 0.1) is 25.9 Å². The molecule has 0 aliphatic carbocycles. The average Bonchev–Trinajstić information content (AvgIpc) is 2.99. The van der Waals surface area contributed by atoms with Gasteiger partial charge in [-0.1, -0.05) is 28.1 Å². The predicted octanol–water partition coefficient (Wildman–Crippen LogP) is 0.747. The molecule has 1 aliphatic rings. The third-order valence-corrected chi connectivity index (χ3v) is 4.82. The number of H-pyrrole nitrogens is 1. The molecule has 0 saturated carbocycles. The van der Waals surface area contributed by atoms with Gasteiger partial charge in [0.15, 0.2) is 6.23 Å². The molecular weight excluding hydrogens is 448 g/mol. The number of halogens is 1. The van der Waals surface area contributed by atoms with Crippen molar-refractivity contribution in [1.29, 1.82) is 0 Å². The monoisotopic (exact) mass is 468 g/mol. The molecule has 2 heterocycles. The molecule has 0 amide bonds. The SMILES string of the molecule is COc1ccc(COC[C@H]2O[C@@H](n3cc(C=CBr)c(=O)[nH]c3=O)[C@@H](O)[C@@H]2O)cc1. The van der Waals surface area contributed by atoms with Gasteiger partial charge in [-0.2, -0.15) is 0 Å². The van der Waals surface area contributed by atoms with E-state index in [1.54, 1.807) is 19.2 Å². The first-order valence-corrected chi connectivity index (χ1v) is 9.70. The van der Waals surface area contributed by atoms with Crippen LogP contribution in [0.4, 0.5) is 0 Å². The molecule has 156 valence electrons. The van der Waals surface area contributed by atoms with Crippen LogP contribution in [0.25, 0.3) is 6.08 Å². The number of hydrogen-bond donors (Lipinski definition) is 3. The van der Waals surface area contributed by atoms with Crippen LogP contribution in [0.1, 0.15) is 17.4 Å². The van der Waals surface area contributed by atoms with E-state index in [0.29, 0.717) is 0 Å². The van der Waals surface area contributed by atoms with E-state index in [2.05, 4.69) is 20.9 Å². The van der Waals surface area contributed by atoms with Gasteiger partial charge in [-0.15, -0.1) is 0 Å². The van der Waals surface area contributed by atoms with Crippen molar-refractivity contribution in [3.05, 3.63) is 67.4 Å². The second-order valence-corrected chi connectivity index (χ2v) is 6.98. The minimum atomic E-state index is -1.37. The van der Waals surface area contributed by atoms with E-state index in [-0.39, 0.29) is 18.8 Å². The van der Waals surface area contributed by atoms with Crippen LogP contribution >= 0.6 is 15.9 Å². The first-order valence-electron chi connectivity index (χ1n) is 8.79. The summed E-state index contributed by atoms with van der Waals surface area (Å²) in [5.41, 5.74) is -0.239. The van der Waals surface area contributed by atoms with E-state index in [0.717, 1.165) is 15.9 Å². The lowest BCUT2D eigenvalue weighted by molar-refractivity contribution is -0.0711. The molecule has 1 aromatic heterocycles. The molecule has 2 aromatic rings. The smallest absolute Gasteiger partial charge is 0.330 e. The maximum Gasteiger partial charge on any atom is 0.330 e. The Kier molecular flexibility index (Phi) is 7.04. The van der Waals surface area contributed by atoms with Gasteiger partial charge in [0.2, 0.25) is 0 Å². The number of nitrogens with one attached hydrogen (secondary N) is 1. The van der Waals surface area contributed by atoms with E-state index in [9.17, 15) is 19.8 Å². The van der Waals surface area contributed by atoms with Crippen molar-refractivity contribution in [3.8, 4) is 5.75 Å². The maximum atomic E-state index is 12.2. The molecule has 1 fully saturated rings. The predicted molar refractivity (Wildman–Crippen MR) is 108 cm³/mol. The maximum absolute atomic E-state index is 12.2. The number of benzene rings is 1. The molecule has 0 spiro atoms. The highest BCUT2D eigenvalue weighted by atomic mass is 79.9. The Labute approximate surface area is 174 Å². The normalized spacial score (nSPS) is 24.3. The summed E-state index contributed by atoms with van der Waals surface area (Å²) in [7, 11) is 1.58. The highest BCUT2D eigenvalue weighted by Crippen LogP contribution is 2.28. The van der Waals surface area contributed by atoms with Crippen molar-refractivity contribution in [3.63, 3.8) is 0 Å². The van der Waals surface area contributed by atoms with Gasteiger partial charge in [0.1, 0.15) is 24.1 Å². The van der Waals surface area contributed by atoms with Crippen LogP contribution in [0.15, 0.2) is 45.0 Å². The van der Waals surface area contributed by atoms with Crippen LogP contribution < -0.4 is 16.0 Å². The van der Waals surface area contributed by atoms with Crippen LogP contribution in [-0.2, 0) is 16.1 Å². The quantitative estimate of drug-likeness (QED) is 0.547. The second kappa shape index (κ2) is 9.51. The lowest BCUT2D eigenvalue weighted by Gasteiger charge is -2.17. The van der Waals surface area contributed by atoms with E-state index < -0.39 is 35.8 Å². The van der Waals surface area contributed by atoms with Crippen molar-refractivity contribution in [2.45, 2.75) is 31.1 Å². The lowest BCUT2D eigenvalue weighted by Crippen LogP contribution is -2.38. The molecule has 10 heteroatoms. The molecule has 3 N–H and O–H groups in total. The fourth-order valence-electron chi connectivity index (χ4n) is 2.99. The van der Waals surface area contributed by atoms with Crippen molar-refractivity contribution in [2.75, 3.05) is 13.7 Å². The molecule has 29 heavy (non-hydrogen) atoms. The van der Waals surface area contributed by atoms with Crippen molar-refractivity contribution in [2.24, 2.45) is 0 Å². The molecule has 0 bridgehead atoms. The fourth-order valence-corrected chi connectivity index (χ4v) is 3.27. The molecule has 1 saturated heterocycles. The molecule has 9 nitrogen and oxygen atoms in total. The van der Waals surface area contributed by atoms with Crippen molar-refractivity contribution in [1.82, 2.24) is 9.55 Å². The largest absolute Gasteiger partial charge is 0.497 e. The van der Waals surface area contributed by atoms with E-state index in [1.807, 2.05) is 12.1 Å². The van der Waals surface area contributed by atoms with Gasteiger partial charge in [-0.3, -0.25) is 14.3 Å². The number of hydrogen-bond acceptors (Lipinski definition) is 7. The van der Waals surface area contributed by atoms with Gasteiger partial charge in [0, 0.05) is 6.20 Å². The van der Waals surface area contributed by atoms with Gasteiger partial charge >= 0.3 is 5.69 Å². The number of aromatic nitrogens is 2. The Morgan fingerprint density at radius 1 is 1.24 bits per heavy atom. The molecular formula is C19H21BrN2O7. The van der Waals surface area contributed by atoms with Gasteiger partial charge in [-0.05, 0) is 28.8 Å². The van der Waals surface area contributed by atoms with E-state index >= 15 is 0 Å². The Bertz CT molecular complexity index is 970. The summed E-state index contributed by atoms with van der Waals surface area (Å²) >= 11 is 3.07. The Morgan fingerprint density at radius 3 is 2.62 bits per heavy atom. The summed E-state index contributed by atoms with van der Waals surface area (Å²) < 4.78 is 17.4. The summed E-state index contributed by atoms with van der Waals surface area (Å²) in [4.78, 5) is 27.6. The zero-order valence-electron chi connectivity index (χ0n) is 15.5. The zero-order chi connectivity index (χ0) is 21.0. The Balaban J connectivity index is 1.67. The third-order valence-electron chi connectivity index (χ3n) is 4.56. The topological polar surface area (TPSA) is 123 Å². The van der Waals surface area contributed by atoms with Crippen LogP contribution in [0, 0.1) is 0 Å². The first kappa shape index (κ1) is 21.5. The summed E-state index contributed by atoms with van der Waals surface area (Å²) in [6, 6.07) is 7.31. The van der Waals surface area contributed by atoms with Crippen LogP contribution in [0.2, 0.25) is 0 Å². The first-order chi connectivity index (χ1) is 13.9. The van der Waals surface area contributed by atoms with Gasteiger partial charge in [-0.25, -0.2) is 4.79 Å². The van der Waals surface area contributed by atoms with E-state index in [4.69, 9.17) is 14.2 Å². The number of methoxy groups -OCH3 is 1. The number of aliphatic hydroxyl groups is 2. The van der Waals surface area contributed by atoms with Gasteiger partial charge in [0.25, 0.3) is 5.56 Å². The minimum absolute atomic E-state index is 0.00696. The van der Waals surface area contributed by atoms with Crippen molar-refractivity contribution < 1.29 is 24.4 Å². The minimum Gasteiger partial charge on any atom is -0.497 e. The number of rotatable bonds is 7. The Hall–Kier alpha value is -2.24. The number of aromatic amines is 1. The third kappa shape index (κ3) is 4.85. The molecule has 0 unspecified atom stereocenters. The summed E-state index contributed by atoms with van der Waals surface area (Å²) in [5, 5.41) is 20.6. The summed E-state index contributed by atoms with van der Waals surface area (Å²) in [6.45, 7) is 0.281. The molecule has 3 rings (SSSR count). The highest BCUT2D eigenvalue weighted by Gasteiger charge is 2.44. The van der Waals surface area contributed by atoms with Gasteiger partial charge < -0.3 is 24.4 Å². The van der Waals surface area contributed by atoms with Crippen LogP contribution in [0.5, 0.6) is 5.75 Å². The standard InChI is InChI=1S/C19H21BrN2O7/c1-27-13-4-2-11(3-5-13)9-28-10-14-15(23)16(24)18(29-14)22-8-12(6-7-20)17(25)21-19(22)26/h2-8,14-16,18,23-24H,9-10H2,1H3,(H,21,25,26)/t14-,15-,16+,18-/m1/s1. The summed E-state index contributed by atoms with van der Waals surface area (Å²) in [6.07, 6.45) is -1.92. The van der Waals surface area contributed by atoms with Crippen molar-refractivity contribution >= 4 is 22.0 Å². The molecule has 0 radical (unpaired) electrons. The Morgan fingerprint density at radius 2 is 1.97 bits per heavy atom. The fraction of sp³-hybridized carbons (Fsp3) is 0.368. The highest BCUT2D eigenvalue weighted by molar-refractivity contribution is 9.11. The molecule has 4 atom stereocenters. The lowest BCUT2D eigenvalue weighted by atomic mass is 10.1. The van der Waals surface area contributed by atoms with Crippen LogP contribution in [-0.4, -0.2) is 51.8 Å². The number of nitrogens with zero attached hydrogens (tertiary/aromatic N) is 1. The molecule has 1 aromatic carbocycles. The second-order valence-electron chi connectivity index (χ2n) is 6.45.